The van der Waals surface area contributed by atoms with E-state index in [4.69, 9.17) is 39.5 Å². The molecule has 0 rings (SSSR count). The fraction of sp³-hybridized carbons (Fsp3) is 0.696. The second kappa shape index (κ2) is 20.7. The molecule has 0 saturated heterocycles. The van der Waals surface area contributed by atoms with Crippen molar-refractivity contribution in [1.29, 1.82) is 0 Å². The molecule has 0 heterocycles. The molecule has 18 heteroatoms. The van der Waals surface area contributed by atoms with Gasteiger partial charge in [0.15, 0.2) is 11.9 Å². The van der Waals surface area contributed by atoms with Crippen LogP contribution in [0.3, 0.4) is 0 Å². The average Bonchev–Trinajstić information content (AvgIpc) is 2.88. The van der Waals surface area contributed by atoms with Gasteiger partial charge in [0.25, 0.3) is 0 Å². The van der Waals surface area contributed by atoms with E-state index in [1.165, 1.54) is 0 Å². The molecular formula is C23H45N11O7. The van der Waals surface area contributed by atoms with Gasteiger partial charge in [0.1, 0.15) is 18.1 Å². The van der Waals surface area contributed by atoms with Crippen molar-refractivity contribution >= 4 is 41.6 Å². The molecule has 41 heavy (non-hydrogen) atoms. The van der Waals surface area contributed by atoms with Gasteiger partial charge in [-0.1, -0.05) is 6.42 Å². The van der Waals surface area contributed by atoms with Crippen molar-refractivity contribution in [3.63, 3.8) is 0 Å². The molecule has 4 atom stereocenters. The predicted octanol–water partition coefficient (Wildman–Crippen LogP) is -4.05. The molecule has 0 radical (unpaired) electrons. The first kappa shape index (κ1) is 36.8. The van der Waals surface area contributed by atoms with E-state index in [1.807, 2.05) is 0 Å². The number of aliphatic imine (C=N–C) groups is 2. The molecule has 234 valence electrons. The van der Waals surface area contributed by atoms with Gasteiger partial charge >= 0.3 is 11.9 Å². The number of carboxylic acid groups (broad SMARTS) is 2. The summed E-state index contributed by atoms with van der Waals surface area (Å²) in [6.45, 7) is 0.702. The Labute approximate surface area is 238 Å². The first-order valence-electron chi connectivity index (χ1n) is 13.2. The fourth-order valence-electron chi connectivity index (χ4n) is 3.53. The smallest absolute Gasteiger partial charge is 0.326 e. The number of hydrogen-bond acceptors (Lipinski definition) is 9. The number of nitrogens with one attached hydrogen (secondary N) is 3. The van der Waals surface area contributed by atoms with Crippen LogP contribution < -0.4 is 50.4 Å². The number of nitrogens with two attached hydrogens (primary N) is 6. The largest absolute Gasteiger partial charge is 0.481 e. The van der Waals surface area contributed by atoms with Crippen LogP contribution in [0.1, 0.15) is 57.8 Å². The van der Waals surface area contributed by atoms with Crippen molar-refractivity contribution in [2.45, 2.75) is 82.0 Å². The third kappa shape index (κ3) is 17.9. The lowest BCUT2D eigenvalue weighted by Crippen LogP contribution is -2.57. The summed E-state index contributed by atoms with van der Waals surface area (Å²) in [5, 5.41) is 25.9. The van der Waals surface area contributed by atoms with Gasteiger partial charge in [-0.15, -0.1) is 0 Å². The molecule has 17 N–H and O–H groups in total. The maximum absolute atomic E-state index is 13.2. The molecule has 0 aliphatic heterocycles. The van der Waals surface area contributed by atoms with E-state index in [0.717, 1.165) is 0 Å². The normalized spacial score (nSPS) is 13.5. The van der Waals surface area contributed by atoms with Crippen LogP contribution in [0.15, 0.2) is 9.98 Å². The summed E-state index contributed by atoms with van der Waals surface area (Å²) in [4.78, 5) is 69.3. The Hall–Kier alpha value is -4.19. The minimum Gasteiger partial charge on any atom is -0.481 e. The lowest BCUT2D eigenvalue weighted by molar-refractivity contribution is -0.143. The molecule has 0 fully saturated rings. The highest BCUT2D eigenvalue weighted by atomic mass is 16.4. The highest BCUT2D eigenvalue weighted by Gasteiger charge is 2.30. The van der Waals surface area contributed by atoms with Crippen molar-refractivity contribution < 1.29 is 34.2 Å². The molecule has 0 aliphatic rings. The third-order valence-corrected chi connectivity index (χ3v) is 5.72. The maximum atomic E-state index is 13.2. The maximum Gasteiger partial charge on any atom is 0.326 e. The van der Waals surface area contributed by atoms with Gasteiger partial charge < -0.3 is 60.6 Å². The Morgan fingerprint density at radius 3 is 1.56 bits per heavy atom. The molecule has 3 amide bonds. The molecule has 18 nitrogen and oxygen atoms in total. The number of rotatable bonds is 22. The number of amides is 3. The summed E-state index contributed by atoms with van der Waals surface area (Å²) in [5.74, 6) is -5.25. The van der Waals surface area contributed by atoms with Crippen LogP contribution in [0.5, 0.6) is 0 Å². The van der Waals surface area contributed by atoms with Crippen molar-refractivity contribution in [2.75, 3.05) is 19.6 Å². The summed E-state index contributed by atoms with van der Waals surface area (Å²) in [5.41, 5.74) is 32.5. The molecule has 0 saturated carbocycles. The summed E-state index contributed by atoms with van der Waals surface area (Å²) in [7, 11) is 0. The molecule has 0 bridgehead atoms. The SMILES string of the molecule is NCCCCC(N)C(=O)NC(CCCN=C(N)N)C(=O)NC(CCC(=O)O)C(=O)NC(CCCN=C(N)N)C(=O)O. The summed E-state index contributed by atoms with van der Waals surface area (Å²) in [6.07, 6.45) is 1.24. The summed E-state index contributed by atoms with van der Waals surface area (Å²) in [6, 6.07) is -4.88. The molecular weight excluding hydrogens is 542 g/mol. The second-order valence-corrected chi connectivity index (χ2v) is 9.24. The highest BCUT2D eigenvalue weighted by molar-refractivity contribution is 5.94. The minimum absolute atomic E-state index is 0.0387. The average molecular weight is 588 g/mol. The molecule has 0 aromatic heterocycles. The predicted molar refractivity (Wildman–Crippen MR) is 151 cm³/mol. The zero-order chi connectivity index (χ0) is 31.4. The van der Waals surface area contributed by atoms with E-state index < -0.39 is 60.2 Å². The van der Waals surface area contributed by atoms with E-state index >= 15 is 0 Å². The molecule has 0 aromatic rings. The third-order valence-electron chi connectivity index (χ3n) is 5.72. The van der Waals surface area contributed by atoms with Crippen LogP contribution in [-0.4, -0.2) is 95.6 Å². The summed E-state index contributed by atoms with van der Waals surface area (Å²) < 4.78 is 0. The first-order valence-corrected chi connectivity index (χ1v) is 13.2. The molecule has 0 spiro atoms. The Kier molecular flexibility index (Phi) is 18.6. The lowest BCUT2D eigenvalue weighted by atomic mass is 10.0. The van der Waals surface area contributed by atoms with Crippen LogP contribution in [-0.2, 0) is 24.0 Å². The number of nitrogens with zero attached hydrogens (tertiary/aromatic N) is 2. The monoisotopic (exact) mass is 587 g/mol. The van der Waals surface area contributed by atoms with Gasteiger partial charge in [0.05, 0.1) is 6.04 Å². The van der Waals surface area contributed by atoms with Gasteiger partial charge in [0.2, 0.25) is 17.7 Å². The van der Waals surface area contributed by atoms with Crippen molar-refractivity contribution in [3.05, 3.63) is 0 Å². The van der Waals surface area contributed by atoms with E-state index in [-0.39, 0.29) is 57.1 Å². The quantitative estimate of drug-likeness (QED) is 0.0326. The number of hydrogen-bond donors (Lipinski definition) is 11. The van der Waals surface area contributed by atoms with Gasteiger partial charge in [-0.25, -0.2) is 4.79 Å². The second-order valence-electron chi connectivity index (χ2n) is 9.24. The number of carbonyl (C=O) groups excluding carboxylic acids is 3. The number of aliphatic carboxylic acids is 2. The number of guanidine groups is 2. The number of carboxylic acids is 2. The van der Waals surface area contributed by atoms with Crippen LogP contribution in [0.25, 0.3) is 0 Å². The zero-order valence-electron chi connectivity index (χ0n) is 23.1. The van der Waals surface area contributed by atoms with Crippen LogP contribution in [0.2, 0.25) is 0 Å². The summed E-state index contributed by atoms with van der Waals surface area (Å²) >= 11 is 0. The first-order chi connectivity index (χ1) is 19.3. The number of unbranched alkanes of at least 4 members (excludes halogenated alkanes) is 1. The van der Waals surface area contributed by atoms with Crippen molar-refractivity contribution in [3.8, 4) is 0 Å². The topological polar surface area (TPSA) is 343 Å². The Bertz CT molecular complexity index is 922. The molecule has 0 aliphatic carbocycles. The standard InChI is InChI=1S/C23H45N11O7/c24-10-2-1-5-13(25)18(37)32-14(6-3-11-30-22(26)27)19(38)33-15(8-9-17(35)36)20(39)34-16(21(40)41)7-4-12-31-23(28)29/h13-16H,1-12,24-25H2,(H,32,37)(H,33,38)(H,34,39)(H,35,36)(H,40,41)(H4,26,27,30)(H4,28,29,31). The molecule has 0 aromatic carbocycles. The van der Waals surface area contributed by atoms with Crippen molar-refractivity contribution in [2.24, 2.45) is 44.4 Å². The number of carbonyl (C=O) groups is 5. The van der Waals surface area contributed by atoms with Gasteiger partial charge in [0, 0.05) is 19.5 Å². The Balaban J connectivity index is 5.65. The van der Waals surface area contributed by atoms with E-state index in [2.05, 4.69) is 25.9 Å². The van der Waals surface area contributed by atoms with Gasteiger partial charge in [-0.05, 0) is 51.5 Å². The van der Waals surface area contributed by atoms with E-state index in [9.17, 15) is 29.1 Å². The zero-order valence-corrected chi connectivity index (χ0v) is 23.1. The van der Waals surface area contributed by atoms with Crippen LogP contribution in [0, 0.1) is 0 Å². The van der Waals surface area contributed by atoms with Crippen molar-refractivity contribution in [1.82, 2.24) is 16.0 Å². The Morgan fingerprint density at radius 2 is 1.10 bits per heavy atom. The van der Waals surface area contributed by atoms with Gasteiger partial charge in [-0.2, -0.15) is 0 Å². The highest BCUT2D eigenvalue weighted by Crippen LogP contribution is 2.07. The lowest BCUT2D eigenvalue weighted by Gasteiger charge is -2.25. The molecule has 4 unspecified atom stereocenters. The minimum atomic E-state index is -1.42. The van der Waals surface area contributed by atoms with Crippen LogP contribution >= 0.6 is 0 Å². The van der Waals surface area contributed by atoms with E-state index in [1.54, 1.807) is 0 Å². The fourth-order valence-corrected chi connectivity index (χ4v) is 3.53. The van der Waals surface area contributed by atoms with E-state index in [0.29, 0.717) is 25.8 Å². The Morgan fingerprint density at radius 1 is 0.634 bits per heavy atom. The van der Waals surface area contributed by atoms with Crippen LogP contribution in [0.4, 0.5) is 0 Å². The van der Waals surface area contributed by atoms with Gasteiger partial charge in [-0.3, -0.25) is 29.2 Å².